The molecule has 1 N–H and O–H groups in total. The van der Waals surface area contributed by atoms with Gasteiger partial charge < -0.3 is 5.32 Å². The molecule has 0 amide bonds. The van der Waals surface area contributed by atoms with Gasteiger partial charge in [0.15, 0.2) is 0 Å². The van der Waals surface area contributed by atoms with E-state index in [1.165, 1.54) is 10.9 Å². The van der Waals surface area contributed by atoms with Crippen LogP contribution in [0.5, 0.6) is 0 Å². The summed E-state index contributed by atoms with van der Waals surface area (Å²) < 4.78 is 2.01. The molecule has 86 valence electrons. The van der Waals surface area contributed by atoms with E-state index in [9.17, 15) is 0 Å². The molecule has 0 fully saturated rings. The van der Waals surface area contributed by atoms with E-state index < -0.39 is 0 Å². The second-order valence-corrected chi connectivity index (χ2v) is 4.53. The van der Waals surface area contributed by atoms with E-state index in [1.807, 2.05) is 11.7 Å². The van der Waals surface area contributed by atoms with Gasteiger partial charge in [-0.15, -0.1) is 0 Å². The van der Waals surface area contributed by atoms with E-state index in [2.05, 4.69) is 55.6 Å². The molecule has 1 unspecified atom stereocenters. The van der Waals surface area contributed by atoms with Gasteiger partial charge in [0, 0.05) is 23.7 Å². The van der Waals surface area contributed by atoms with Crippen molar-refractivity contribution in [2.45, 2.75) is 32.9 Å². The lowest BCUT2D eigenvalue weighted by molar-refractivity contribution is 0.537. The van der Waals surface area contributed by atoms with Gasteiger partial charge in [0.2, 0.25) is 0 Å². The lowest BCUT2D eigenvalue weighted by Gasteiger charge is -2.09. The van der Waals surface area contributed by atoms with Crippen LogP contribution < -0.4 is 5.32 Å². The van der Waals surface area contributed by atoms with E-state index in [0.717, 1.165) is 5.52 Å². The Morgan fingerprint density at radius 2 is 2.00 bits per heavy atom. The number of fused-ring (bicyclic) bond motifs is 1. The maximum Gasteiger partial charge on any atom is 0.0926 e. The van der Waals surface area contributed by atoms with Crippen LogP contribution in [0.3, 0.4) is 0 Å². The van der Waals surface area contributed by atoms with Crippen LogP contribution >= 0.6 is 0 Å². The smallest absolute Gasteiger partial charge is 0.0926 e. The van der Waals surface area contributed by atoms with Crippen molar-refractivity contribution in [1.29, 1.82) is 0 Å². The van der Waals surface area contributed by atoms with Crippen molar-refractivity contribution >= 4 is 10.9 Å². The summed E-state index contributed by atoms with van der Waals surface area (Å²) in [5.74, 6) is 0. The first-order valence-corrected chi connectivity index (χ1v) is 5.78. The maximum absolute atomic E-state index is 4.58. The van der Waals surface area contributed by atoms with Gasteiger partial charge in [-0.1, -0.05) is 12.1 Å². The quantitative estimate of drug-likeness (QED) is 0.856. The van der Waals surface area contributed by atoms with Crippen molar-refractivity contribution in [2.24, 2.45) is 0 Å². The Bertz CT molecular complexity index is 485. The summed E-state index contributed by atoms with van der Waals surface area (Å²) >= 11 is 0. The van der Waals surface area contributed by atoms with Crippen molar-refractivity contribution in [1.82, 2.24) is 15.1 Å². The Labute approximate surface area is 96.5 Å². The highest BCUT2D eigenvalue weighted by Gasteiger charge is 2.07. The first-order valence-electron chi connectivity index (χ1n) is 5.78. The summed E-state index contributed by atoms with van der Waals surface area (Å²) in [7, 11) is 1.97. The van der Waals surface area contributed by atoms with Gasteiger partial charge in [0.1, 0.15) is 0 Å². The Hall–Kier alpha value is -1.35. The Morgan fingerprint density at radius 3 is 2.62 bits per heavy atom. The predicted octanol–water partition coefficient (Wildman–Crippen LogP) is 2.90. The molecule has 0 saturated carbocycles. The molecule has 0 saturated heterocycles. The summed E-state index contributed by atoms with van der Waals surface area (Å²) in [6, 6.07) is 7.25. The molecule has 1 atom stereocenters. The standard InChI is InChI=1S/C13H19N3/c1-9(2)16-8-12-6-5-11(10(3)14-4)7-13(12)15-16/h5-10,14H,1-4H3. The van der Waals surface area contributed by atoms with Gasteiger partial charge in [-0.2, -0.15) is 5.10 Å². The normalized spacial score (nSPS) is 13.6. The van der Waals surface area contributed by atoms with Gasteiger partial charge in [-0.3, -0.25) is 4.68 Å². The van der Waals surface area contributed by atoms with Gasteiger partial charge in [-0.25, -0.2) is 0 Å². The van der Waals surface area contributed by atoms with Gasteiger partial charge in [0.25, 0.3) is 0 Å². The lowest BCUT2D eigenvalue weighted by Crippen LogP contribution is -2.11. The molecule has 1 aromatic heterocycles. The summed E-state index contributed by atoms with van der Waals surface area (Å²) in [5.41, 5.74) is 2.36. The molecule has 3 nitrogen and oxygen atoms in total. The molecule has 2 aromatic rings. The van der Waals surface area contributed by atoms with Crippen molar-refractivity contribution in [3.8, 4) is 0 Å². The van der Waals surface area contributed by atoms with Crippen molar-refractivity contribution in [3.05, 3.63) is 30.0 Å². The zero-order valence-corrected chi connectivity index (χ0v) is 10.4. The van der Waals surface area contributed by atoms with Crippen LogP contribution in [-0.2, 0) is 0 Å². The average Bonchev–Trinajstić information content (AvgIpc) is 2.70. The molecular weight excluding hydrogens is 198 g/mol. The minimum atomic E-state index is 0.369. The van der Waals surface area contributed by atoms with Gasteiger partial charge >= 0.3 is 0 Å². The first-order chi connectivity index (χ1) is 7.61. The predicted molar refractivity (Wildman–Crippen MR) is 67.6 cm³/mol. The van der Waals surface area contributed by atoms with Gasteiger partial charge in [-0.05, 0) is 39.4 Å². The molecule has 0 spiro atoms. The summed E-state index contributed by atoms with van der Waals surface area (Å²) in [6.45, 7) is 6.44. The van der Waals surface area contributed by atoms with E-state index in [0.29, 0.717) is 12.1 Å². The molecule has 0 aliphatic rings. The number of nitrogens with one attached hydrogen (secondary N) is 1. The van der Waals surface area contributed by atoms with Crippen molar-refractivity contribution < 1.29 is 0 Å². The van der Waals surface area contributed by atoms with Crippen LogP contribution in [0.4, 0.5) is 0 Å². The number of hydrogen-bond acceptors (Lipinski definition) is 2. The minimum absolute atomic E-state index is 0.369. The maximum atomic E-state index is 4.58. The molecule has 1 aromatic carbocycles. The molecular formula is C13H19N3. The zero-order chi connectivity index (χ0) is 11.7. The van der Waals surface area contributed by atoms with Crippen LogP contribution in [0.2, 0.25) is 0 Å². The van der Waals surface area contributed by atoms with Crippen LogP contribution in [0.25, 0.3) is 10.9 Å². The van der Waals surface area contributed by atoms with Crippen molar-refractivity contribution in [3.63, 3.8) is 0 Å². The summed E-state index contributed by atoms with van der Waals surface area (Å²) in [5, 5.41) is 9.03. The molecule has 0 aliphatic carbocycles. The lowest BCUT2D eigenvalue weighted by atomic mass is 10.1. The Morgan fingerprint density at radius 1 is 1.25 bits per heavy atom. The molecule has 16 heavy (non-hydrogen) atoms. The topological polar surface area (TPSA) is 29.9 Å². The zero-order valence-electron chi connectivity index (χ0n) is 10.4. The van der Waals surface area contributed by atoms with E-state index in [-0.39, 0.29) is 0 Å². The highest BCUT2D eigenvalue weighted by Crippen LogP contribution is 2.20. The number of hydrogen-bond donors (Lipinski definition) is 1. The second kappa shape index (κ2) is 4.26. The van der Waals surface area contributed by atoms with Crippen LogP contribution in [-0.4, -0.2) is 16.8 Å². The molecule has 0 radical (unpaired) electrons. The number of rotatable bonds is 3. The van der Waals surface area contributed by atoms with E-state index in [4.69, 9.17) is 0 Å². The summed E-state index contributed by atoms with van der Waals surface area (Å²) in [4.78, 5) is 0. The fourth-order valence-corrected chi connectivity index (χ4v) is 1.75. The van der Waals surface area contributed by atoms with Gasteiger partial charge in [0.05, 0.1) is 5.52 Å². The molecule has 0 bridgehead atoms. The third-order valence-corrected chi connectivity index (χ3v) is 3.01. The van der Waals surface area contributed by atoms with Crippen molar-refractivity contribution in [2.75, 3.05) is 7.05 Å². The van der Waals surface area contributed by atoms with Crippen LogP contribution in [0.1, 0.15) is 38.4 Å². The Kier molecular flexibility index (Phi) is 2.97. The third-order valence-electron chi connectivity index (χ3n) is 3.01. The first kappa shape index (κ1) is 11.1. The summed E-state index contributed by atoms with van der Waals surface area (Å²) in [6.07, 6.45) is 2.10. The number of nitrogens with zero attached hydrogens (tertiary/aromatic N) is 2. The highest BCUT2D eigenvalue weighted by atomic mass is 15.3. The molecule has 1 heterocycles. The highest BCUT2D eigenvalue weighted by molar-refractivity contribution is 5.78. The largest absolute Gasteiger partial charge is 0.313 e. The number of aromatic nitrogens is 2. The third kappa shape index (κ3) is 1.95. The fraction of sp³-hybridized carbons (Fsp3) is 0.462. The fourth-order valence-electron chi connectivity index (χ4n) is 1.75. The molecule has 2 rings (SSSR count). The monoisotopic (exact) mass is 217 g/mol. The second-order valence-electron chi connectivity index (χ2n) is 4.53. The van der Waals surface area contributed by atoms with E-state index in [1.54, 1.807) is 0 Å². The SMILES string of the molecule is CNC(C)c1ccc2cn(C(C)C)nc2c1. The number of benzene rings is 1. The molecule has 0 aliphatic heterocycles. The minimum Gasteiger partial charge on any atom is -0.313 e. The molecule has 3 heteroatoms. The average molecular weight is 217 g/mol. The van der Waals surface area contributed by atoms with E-state index >= 15 is 0 Å². The van der Waals surface area contributed by atoms with Crippen LogP contribution in [0.15, 0.2) is 24.4 Å². The Balaban J connectivity index is 2.45. The van der Waals surface area contributed by atoms with Crippen LogP contribution in [0, 0.1) is 0 Å².